The third-order valence-corrected chi connectivity index (χ3v) is 6.51. The van der Waals surface area contributed by atoms with Crippen LogP contribution in [-0.2, 0) is 10.2 Å². The Labute approximate surface area is 162 Å². The zero-order chi connectivity index (χ0) is 18.9. The number of anilines is 1. The summed E-state index contributed by atoms with van der Waals surface area (Å²) in [6.45, 7) is 0. The van der Waals surface area contributed by atoms with Gasteiger partial charge in [0, 0.05) is 36.3 Å². The average molecular weight is 428 g/mol. The molecule has 3 heterocycles. The molecule has 2 aliphatic rings. The van der Waals surface area contributed by atoms with Crippen LogP contribution in [0.3, 0.4) is 0 Å². The molecule has 0 bridgehead atoms. The number of hydrogen-bond donors (Lipinski definition) is 1. The molecule has 1 aliphatic heterocycles. The summed E-state index contributed by atoms with van der Waals surface area (Å²) in [5.74, 6) is -0.201. The molecule has 0 atom stereocenters. The highest BCUT2D eigenvalue weighted by molar-refractivity contribution is 9.10. The summed E-state index contributed by atoms with van der Waals surface area (Å²) in [5.41, 5.74) is 2.39. The van der Waals surface area contributed by atoms with Gasteiger partial charge in [-0.3, -0.25) is 14.6 Å². The van der Waals surface area contributed by atoms with Gasteiger partial charge < -0.3 is 9.88 Å². The fraction of sp³-hybridized carbons (Fsp3) is 0.250. The van der Waals surface area contributed by atoms with Crippen LogP contribution in [-0.4, -0.2) is 22.9 Å². The largest absolute Gasteiger partial charge is 0.329 e. The molecule has 1 saturated carbocycles. The van der Waals surface area contributed by atoms with Crippen LogP contribution in [0.15, 0.2) is 45.9 Å². The van der Waals surface area contributed by atoms with Gasteiger partial charge in [0.25, 0.3) is 0 Å². The Balaban J connectivity index is 1.66. The van der Waals surface area contributed by atoms with Crippen molar-refractivity contribution in [2.75, 3.05) is 11.9 Å². The Kier molecular flexibility index (Phi) is 3.37. The van der Waals surface area contributed by atoms with E-state index in [2.05, 4.69) is 25.9 Å². The molecule has 0 unspecified atom stereocenters. The van der Waals surface area contributed by atoms with Crippen LogP contribution in [0.4, 0.5) is 10.1 Å². The summed E-state index contributed by atoms with van der Waals surface area (Å²) in [5, 5.41) is 0.794. The second-order valence-corrected chi connectivity index (χ2v) is 8.19. The van der Waals surface area contributed by atoms with Crippen LogP contribution in [0.5, 0.6) is 0 Å². The molecule has 1 spiro atoms. The molecule has 136 valence electrons. The molecular formula is C20H15BrFN3O2. The SMILES string of the molecule is CN1C(=O)C2(CC(c3cc[nH]c(=O)c3)C2)c2c1cnc1cc(F)c(Br)cc21. The lowest BCUT2D eigenvalue weighted by Crippen LogP contribution is -2.48. The first kappa shape index (κ1) is 16.6. The van der Waals surface area contributed by atoms with Gasteiger partial charge in [0.1, 0.15) is 5.82 Å². The second-order valence-electron chi connectivity index (χ2n) is 7.34. The number of aromatic nitrogens is 2. The molecule has 0 radical (unpaired) electrons. The van der Waals surface area contributed by atoms with Crippen LogP contribution in [0.25, 0.3) is 10.9 Å². The highest BCUT2D eigenvalue weighted by Crippen LogP contribution is 2.60. The third kappa shape index (κ3) is 2.18. The minimum Gasteiger partial charge on any atom is -0.329 e. The van der Waals surface area contributed by atoms with Gasteiger partial charge in [-0.1, -0.05) is 0 Å². The van der Waals surface area contributed by atoms with Crippen molar-refractivity contribution in [3.05, 3.63) is 68.4 Å². The number of nitrogens with zero attached hydrogens (tertiary/aromatic N) is 2. The molecule has 5 nitrogen and oxygen atoms in total. The molecule has 1 N–H and O–H groups in total. The smallest absolute Gasteiger partial charge is 0.248 e. The predicted molar refractivity (Wildman–Crippen MR) is 104 cm³/mol. The average Bonchev–Trinajstić information content (AvgIpc) is 2.83. The molecule has 7 heteroatoms. The van der Waals surface area contributed by atoms with Gasteiger partial charge in [-0.05, 0) is 52.4 Å². The van der Waals surface area contributed by atoms with E-state index in [1.165, 1.54) is 6.07 Å². The van der Waals surface area contributed by atoms with Crippen molar-refractivity contribution in [3.63, 3.8) is 0 Å². The van der Waals surface area contributed by atoms with E-state index in [-0.39, 0.29) is 23.2 Å². The minimum atomic E-state index is -0.643. The molecular weight excluding hydrogens is 413 g/mol. The van der Waals surface area contributed by atoms with E-state index in [0.717, 1.165) is 22.2 Å². The minimum absolute atomic E-state index is 0.0355. The molecule has 1 amide bonds. The van der Waals surface area contributed by atoms with Crippen LogP contribution in [0.2, 0.25) is 0 Å². The molecule has 1 fully saturated rings. The maximum absolute atomic E-state index is 14.0. The lowest BCUT2D eigenvalue weighted by molar-refractivity contribution is -0.126. The number of pyridine rings is 2. The van der Waals surface area contributed by atoms with Crippen molar-refractivity contribution in [2.45, 2.75) is 24.2 Å². The summed E-state index contributed by atoms with van der Waals surface area (Å²) in [6.07, 6.45) is 4.54. The van der Waals surface area contributed by atoms with Crippen molar-refractivity contribution in [3.8, 4) is 0 Å². The maximum atomic E-state index is 14.0. The Morgan fingerprint density at radius 3 is 2.81 bits per heavy atom. The Bertz CT molecular complexity index is 1180. The quantitative estimate of drug-likeness (QED) is 0.644. The number of carbonyl (C=O) groups excluding carboxylic acids is 1. The van der Waals surface area contributed by atoms with Crippen LogP contribution in [0.1, 0.15) is 29.9 Å². The number of benzene rings is 1. The van der Waals surface area contributed by atoms with Crippen molar-refractivity contribution in [1.82, 2.24) is 9.97 Å². The predicted octanol–water partition coefficient (Wildman–Crippen LogP) is 3.62. The molecule has 5 rings (SSSR count). The Morgan fingerprint density at radius 2 is 2.07 bits per heavy atom. The number of likely N-dealkylation sites (N-methyl/N-ethyl adjacent to an activating group) is 1. The first-order valence-electron chi connectivity index (χ1n) is 8.66. The lowest BCUT2D eigenvalue weighted by atomic mass is 9.57. The number of halogens is 2. The van der Waals surface area contributed by atoms with Crippen LogP contribution >= 0.6 is 15.9 Å². The van der Waals surface area contributed by atoms with Gasteiger partial charge in [0.05, 0.1) is 27.3 Å². The zero-order valence-electron chi connectivity index (χ0n) is 14.4. The monoisotopic (exact) mass is 427 g/mol. The van der Waals surface area contributed by atoms with Gasteiger partial charge in [0.2, 0.25) is 11.5 Å². The standard InChI is InChI=1S/C20H15BrFN3O2/c1-25-16-9-24-15-6-14(22)13(21)5-12(15)18(16)20(19(25)27)7-11(8-20)10-2-3-23-17(26)4-10/h2-6,9,11H,7-8H2,1H3,(H,23,26). The summed E-state index contributed by atoms with van der Waals surface area (Å²) < 4.78 is 14.3. The molecule has 3 aromatic rings. The normalized spacial score (nSPS) is 23.7. The highest BCUT2D eigenvalue weighted by atomic mass is 79.9. The van der Waals surface area contributed by atoms with Gasteiger partial charge >= 0.3 is 0 Å². The number of nitrogens with one attached hydrogen (secondary N) is 1. The number of fused-ring (bicyclic) bond motifs is 4. The number of amides is 1. The fourth-order valence-electron chi connectivity index (χ4n) is 4.58. The van der Waals surface area contributed by atoms with Crippen molar-refractivity contribution < 1.29 is 9.18 Å². The maximum Gasteiger partial charge on any atom is 0.248 e. The van der Waals surface area contributed by atoms with E-state index in [1.807, 2.05) is 6.07 Å². The second kappa shape index (κ2) is 5.48. The van der Waals surface area contributed by atoms with Crippen molar-refractivity contribution >= 4 is 38.4 Å². The summed E-state index contributed by atoms with van der Waals surface area (Å²) >= 11 is 3.25. The Morgan fingerprint density at radius 1 is 1.30 bits per heavy atom. The van der Waals surface area contributed by atoms with E-state index >= 15 is 0 Å². The van der Waals surface area contributed by atoms with Crippen molar-refractivity contribution in [1.29, 1.82) is 0 Å². The number of rotatable bonds is 1. The number of hydrogen-bond acceptors (Lipinski definition) is 3. The molecule has 1 aromatic carbocycles. The van der Waals surface area contributed by atoms with Gasteiger partial charge in [-0.15, -0.1) is 0 Å². The summed E-state index contributed by atoms with van der Waals surface area (Å²) in [7, 11) is 1.75. The molecule has 0 saturated heterocycles. The van der Waals surface area contributed by atoms with E-state index in [4.69, 9.17) is 0 Å². The number of H-pyrrole nitrogens is 1. The van der Waals surface area contributed by atoms with E-state index < -0.39 is 5.41 Å². The lowest BCUT2D eigenvalue weighted by Gasteiger charge is -2.44. The topological polar surface area (TPSA) is 66.1 Å². The van der Waals surface area contributed by atoms with Gasteiger partial charge in [-0.2, -0.15) is 0 Å². The van der Waals surface area contributed by atoms with Crippen LogP contribution in [0, 0.1) is 5.82 Å². The van der Waals surface area contributed by atoms with E-state index in [0.29, 0.717) is 22.8 Å². The number of aromatic amines is 1. The Hall–Kier alpha value is -2.54. The van der Waals surface area contributed by atoms with E-state index in [1.54, 1.807) is 36.5 Å². The molecule has 1 aliphatic carbocycles. The van der Waals surface area contributed by atoms with Crippen LogP contribution < -0.4 is 10.5 Å². The number of carbonyl (C=O) groups is 1. The third-order valence-electron chi connectivity index (χ3n) is 5.90. The summed E-state index contributed by atoms with van der Waals surface area (Å²) in [6, 6.07) is 6.59. The summed E-state index contributed by atoms with van der Waals surface area (Å²) in [4.78, 5) is 33.4. The van der Waals surface area contributed by atoms with E-state index in [9.17, 15) is 14.0 Å². The van der Waals surface area contributed by atoms with Crippen molar-refractivity contribution in [2.24, 2.45) is 0 Å². The van der Waals surface area contributed by atoms with Gasteiger partial charge in [0.15, 0.2) is 0 Å². The van der Waals surface area contributed by atoms with Gasteiger partial charge in [-0.25, -0.2) is 4.39 Å². The first-order chi connectivity index (χ1) is 12.9. The first-order valence-corrected chi connectivity index (χ1v) is 9.45. The molecule has 2 aromatic heterocycles. The fourth-order valence-corrected chi connectivity index (χ4v) is 4.93. The molecule has 27 heavy (non-hydrogen) atoms. The highest BCUT2D eigenvalue weighted by Gasteiger charge is 2.58. The zero-order valence-corrected chi connectivity index (χ0v) is 16.0.